The molecule has 0 fully saturated rings. The van der Waals surface area contributed by atoms with Gasteiger partial charge in [0, 0.05) is 26.2 Å². The number of carbonyl (C=O) groups excluding carboxylic acids is 2. The van der Waals surface area contributed by atoms with E-state index in [9.17, 15) is 14.0 Å². The highest BCUT2D eigenvalue weighted by atomic mass is 19.1. The molecule has 0 spiro atoms. The molecule has 2 heterocycles. The lowest BCUT2D eigenvalue weighted by molar-refractivity contribution is 0.0391. The predicted molar refractivity (Wildman–Crippen MR) is 86.1 cm³/mol. The van der Waals surface area contributed by atoms with E-state index in [-0.39, 0.29) is 12.5 Å². The van der Waals surface area contributed by atoms with Gasteiger partial charge in [-0.3, -0.25) is 9.48 Å². The summed E-state index contributed by atoms with van der Waals surface area (Å²) in [5, 5.41) is 4.37. The summed E-state index contributed by atoms with van der Waals surface area (Å²) >= 11 is 0. The first kappa shape index (κ1) is 18.0. The third-order valence-corrected chi connectivity index (χ3v) is 4.04. The van der Waals surface area contributed by atoms with Crippen molar-refractivity contribution >= 4 is 12.0 Å². The molecule has 7 nitrogen and oxygen atoms in total. The molecular weight excluding hydrogens is 315 g/mol. The lowest BCUT2D eigenvalue weighted by atomic mass is 9.99. The number of halogens is 1. The van der Waals surface area contributed by atoms with E-state index in [0.29, 0.717) is 43.3 Å². The van der Waals surface area contributed by atoms with Crippen LogP contribution < -0.4 is 5.73 Å². The van der Waals surface area contributed by atoms with Crippen LogP contribution in [0.5, 0.6) is 0 Å². The van der Waals surface area contributed by atoms with E-state index in [2.05, 4.69) is 5.10 Å². The fraction of sp³-hybridized carbons (Fsp3) is 0.562. The third kappa shape index (κ3) is 4.33. The van der Waals surface area contributed by atoms with Crippen LogP contribution in [0, 0.1) is 0 Å². The molecule has 2 rings (SSSR count). The second kappa shape index (κ2) is 7.02. The Kier molecular flexibility index (Phi) is 5.26. The van der Waals surface area contributed by atoms with Crippen molar-refractivity contribution in [1.82, 2.24) is 14.7 Å². The Morgan fingerprint density at radius 1 is 1.54 bits per heavy atom. The standard InChI is InChI=1S/C16H23FN4O3/c1-16(2,24-15(18)23)6-4-11(8-17)9-21-10-12-13(19-21)5-7-20(3)14(12)22/h8,10H,4-7,9H2,1-3H3,(H2,18,23)/b11-8+. The summed E-state index contributed by atoms with van der Waals surface area (Å²) < 4.78 is 19.8. The first-order valence-corrected chi connectivity index (χ1v) is 7.80. The van der Waals surface area contributed by atoms with E-state index in [1.807, 2.05) is 0 Å². The SMILES string of the molecule is CN1CCc2nn(C/C(=C/F)CCC(C)(C)OC(N)=O)cc2C1=O. The zero-order valence-electron chi connectivity index (χ0n) is 14.2. The maximum atomic E-state index is 13.2. The molecule has 1 aromatic heterocycles. The van der Waals surface area contributed by atoms with Crippen molar-refractivity contribution < 1.29 is 18.7 Å². The quantitative estimate of drug-likeness (QED) is 0.859. The molecule has 0 aromatic carbocycles. The van der Waals surface area contributed by atoms with E-state index in [0.717, 1.165) is 5.69 Å². The Morgan fingerprint density at radius 2 is 2.25 bits per heavy atom. The van der Waals surface area contributed by atoms with Crippen LogP contribution in [0.4, 0.5) is 9.18 Å². The van der Waals surface area contributed by atoms with Crippen molar-refractivity contribution in [2.24, 2.45) is 5.73 Å². The first-order chi connectivity index (χ1) is 11.2. The highest BCUT2D eigenvalue weighted by molar-refractivity contribution is 5.95. The van der Waals surface area contributed by atoms with Gasteiger partial charge in [0.25, 0.3) is 5.91 Å². The second-order valence-corrected chi connectivity index (χ2v) is 6.61. The van der Waals surface area contributed by atoms with Crippen molar-refractivity contribution in [1.29, 1.82) is 0 Å². The van der Waals surface area contributed by atoms with Crippen LogP contribution in [0.1, 0.15) is 42.7 Å². The van der Waals surface area contributed by atoms with Crippen molar-refractivity contribution in [3.63, 3.8) is 0 Å². The maximum Gasteiger partial charge on any atom is 0.405 e. The summed E-state index contributed by atoms with van der Waals surface area (Å²) in [5.74, 6) is -0.0655. The Hall–Kier alpha value is -2.38. The second-order valence-electron chi connectivity index (χ2n) is 6.61. The minimum Gasteiger partial charge on any atom is -0.444 e. The topological polar surface area (TPSA) is 90.4 Å². The van der Waals surface area contributed by atoms with Gasteiger partial charge in [0.2, 0.25) is 0 Å². The molecule has 2 N–H and O–H groups in total. The number of ether oxygens (including phenoxy) is 1. The van der Waals surface area contributed by atoms with E-state index < -0.39 is 11.7 Å². The Bertz CT molecular complexity index is 666. The third-order valence-electron chi connectivity index (χ3n) is 4.04. The van der Waals surface area contributed by atoms with Crippen molar-refractivity contribution in [3.05, 3.63) is 29.4 Å². The molecule has 132 valence electrons. The Balaban J connectivity index is 2.00. The average Bonchev–Trinajstić information content (AvgIpc) is 2.89. The molecule has 0 aliphatic carbocycles. The molecule has 0 bridgehead atoms. The van der Waals surface area contributed by atoms with Gasteiger partial charge in [-0.15, -0.1) is 0 Å². The number of primary amides is 1. The van der Waals surface area contributed by atoms with Crippen molar-refractivity contribution in [2.75, 3.05) is 13.6 Å². The number of rotatable bonds is 6. The maximum absolute atomic E-state index is 13.2. The number of hydrogen-bond acceptors (Lipinski definition) is 4. The van der Waals surface area contributed by atoms with Crippen molar-refractivity contribution in [3.8, 4) is 0 Å². The summed E-state index contributed by atoms with van der Waals surface area (Å²) in [6.07, 6.45) is 2.84. The van der Waals surface area contributed by atoms with Crippen LogP contribution in [0.2, 0.25) is 0 Å². The molecule has 1 aliphatic rings. The number of aromatic nitrogens is 2. The number of nitrogens with zero attached hydrogens (tertiary/aromatic N) is 3. The molecule has 1 aliphatic heterocycles. The number of allylic oxidation sites excluding steroid dienone is 1. The summed E-state index contributed by atoms with van der Waals surface area (Å²) in [5.41, 5.74) is 6.06. The van der Waals surface area contributed by atoms with Crippen LogP contribution in [-0.4, -0.2) is 45.9 Å². The molecular formula is C16H23FN4O3. The van der Waals surface area contributed by atoms with Gasteiger partial charge in [0.15, 0.2) is 0 Å². The number of hydrogen-bond donors (Lipinski definition) is 1. The van der Waals surface area contributed by atoms with Gasteiger partial charge in [-0.2, -0.15) is 5.10 Å². The fourth-order valence-corrected chi connectivity index (χ4v) is 2.65. The van der Waals surface area contributed by atoms with Crippen molar-refractivity contribution in [2.45, 2.75) is 45.3 Å². The van der Waals surface area contributed by atoms with Crippen LogP contribution in [0.3, 0.4) is 0 Å². The summed E-state index contributed by atoms with van der Waals surface area (Å²) in [6, 6.07) is 0. The highest BCUT2D eigenvalue weighted by Gasteiger charge is 2.25. The van der Waals surface area contributed by atoms with Gasteiger partial charge in [0.05, 0.1) is 24.1 Å². The molecule has 2 amide bonds. The lowest BCUT2D eigenvalue weighted by Gasteiger charge is -2.24. The normalized spacial score (nSPS) is 15.4. The number of carbonyl (C=O) groups is 2. The fourth-order valence-electron chi connectivity index (χ4n) is 2.65. The van der Waals surface area contributed by atoms with Gasteiger partial charge in [-0.05, 0) is 32.3 Å². The minimum atomic E-state index is -0.854. The number of likely N-dealkylation sites (N-methyl/N-ethyl adjacent to an activating group) is 1. The largest absolute Gasteiger partial charge is 0.444 e. The van der Waals surface area contributed by atoms with E-state index in [1.165, 1.54) is 0 Å². The zero-order valence-corrected chi connectivity index (χ0v) is 14.2. The molecule has 0 radical (unpaired) electrons. The smallest absolute Gasteiger partial charge is 0.405 e. The van der Waals surface area contributed by atoms with E-state index in [4.69, 9.17) is 10.5 Å². The number of amides is 2. The van der Waals surface area contributed by atoms with Gasteiger partial charge < -0.3 is 15.4 Å². The minimum absolute atomic E-state index is 0.0655. The Morgan fingerprint density at radius 3 is 2.88 bits per heavy atom. The molecule has 8 heteroatoms. The van der Waals surface area contributed by atoms with Gasteiger partial charge >= 0.3 is 6.09 Å². The summed E-state index contributed by atoms with van der Waals surface area (Å²) in [7, 11) is 1.75. The molecule has 1 aromatic rings. The van der Waals surface area contributed by atoms with Crippen LogP contribution in [0.15, 0.2) is 18.1 Å². The van der Waals surface area contributed by atoms with Crippen LogP contribution in [-0.2, 0) is 17.7 Å². The zero-order chi connectivity index (χ0) is 17.9. The van der Waals surface area contributed by atoms with Crippen LogP contribution >= 0.6 is 0 Å². The molecule has 0 atom stereocenters. The van der Waals surface area contributed by atoms with Gasteiger partial charge in [0.1, 0.15) is 5.60 Å². The molecule has 0 saturated heterocycles. The number of fused-ring (bicyclic) bond motifs is 1. The van der Waals surface area contributed by atoms with E-state index >= 15 is 0 Å². The van der Waals surface area contributed by atoms with Gasteiger partial charge in [-0.25, -0.2) is 9.18 Å². The molecule has 0 unspecified atom stereocenters. The summed E-state index contributed by atoms with van der Waals surface area (Å²) in [6.45, 7) is 4.31. The molecule has 24 heavy (non-hydrogen) atoms. The highest BCUT2D eigenvalue weighted by Crippen LogP contribution is 2.22. The number of nitrogens with two attached hydrogens (primary N) is 1. The predicted octanol–water partition coefficient (Wildman–Crippen LogP) is 2.02. The summed E-state index contributed by atoms with van der Waals surface area (Å²) in [4.78, 5) is 24.6. The Labute approximate surface area is 140 Å². The van der Waals surface area contributed by atoms with Gasteiger partial charge in [-0.1, -0.05) is 0 Å². The average molecular weight is 338 g/mol. The van der Waals surface area contributed by atoms with Crippen LogP contribution in [0.25, 0.3) is 0 Å². The molecule has 0 saturated carbocycles. The lowest BCUT2D eigenvalue weighted by Crippen LogP contribution is -2.33. The monoisotopic (exact) mass is 338 g/mol. The van der Waals surface area contributed by atoms with E-state index in [1.54, 1.807) is 36.7 Å². The first-order valence-electron chi connectivity index (χ1n) is 7.80.